The molecule has 3 rings (SSSR count). The molecule has 31 heavy (non-hydrogen) atoms. The Kier molecular flexibility index (Phi) is 6.45. The largest absolute Gasteiger partial charge is 0.434 e. The molecule has 1 aliphatic heterocycles. The predicted molar refractivity (Wildman–Crippen MR) is 109 cm³/mol. The summed E-state index contributed by atoms with van der Waals surface area (Å²) in [7, 11) is 0. The number of amides is 1. The van der Waals surface area contributed by atoms with Crippen LogP contribution in [0.25, 0.3) is 0 Å². The van der Waals surface area contributed by atoms with Gasteiger partial charge in [0.05, 0.1) is 10.6 Å². The van der Waals surface area contributed by atoms with Gasteiger partial charge in [0, 0.05) is 31.6 Å². The van der Waals surface area contributed by atoms with E-state index in [0.29, 0.717) is 5.69 Å². The molecule has 0 aliphatic carbocycles. The molecule has 1 amide bonds. The van der Waals surface area contributed by atoms with Crippen LogP contribution in [-0.2, 0) is 6.18 Å². The SMILES string of the molecule is Cc1cccc(NC(=O)c2c(N3CCCC(F)(F)CC3)nc(C(F)(F)F)c(Cl)c2C)c1. The van der Waals surface area contributed by atoms with Crippen molar-refractivity contribution in [1.82, 2.24) is 4.98 Å². The molecule has 0 bridgehead atoms. The van der Waals surface area contributed by atoms with Crippen LogP contribution in [0.1, 0.15) is 46.4 Å². The number of hydrogen-bond acceptors (Lipinski definition) is 3. The summed E-state index contributed by atoms with van der Waals surface area (Å²) >= 11 is 5.94. The summed E-state index contributed by atoms with van der Waals surface area (Å²) in [6.07, 6.45) is -5.74. The van der Waals surface area contributed by atoms with Gasteiger partial charge in [-0.2, -0.15) is 13.2 Å². The fourth-order valence-electron chi connectivity index (χ4n) is 3.55. The first-order valence-electron chi connectivity index (χ1n) is 9.67. The maximum absolute atomic E-state index is 13.8. The first-order chi connectivity index (χ1) is 14.4. The minimum atomic E-state index is -4.86. The van der Waals surface area contributed by atoms with Crippen molar-refractivity contribution < 1.29 is 26.7 Å². The molecular weight excluding hydrogens is 441 g/mol. The van der Waals surface area contributed by atoms with Gasteiger partial charge in [-0.05, 0) is 43.5 Å². The molecule has 1 fully saturated rings. The number of alkyl halides is 5. The Morgan fingerprint density at radius 3 is 2.55 bits per heavy atom. The molecule has 0 saturated carbocycles. The lowest BCUT2D eigenvalue weighted by molar-refractivity contribution is -0.141. The van der Waals surface area contributed by atoms with E-state index in [-0.39, 0.29) is 42.9 Å². The minimum absolute atomic E-state index is 0.0473. The van der Waals surface area contributed by atoms with Crippen molar-refractivity contribution in [3.8, 4) is 0 Å². The van der Waals surface area contributed by atoms with Gasteiger partial charge < -0.3 is 10.2 Å². The molecule has 0 unspecified atom stereocenters. The Balaban J connectivity index is 2.10. The number of carbonyl (C=O) groups is 1. The number of nitrogens with zero attached hydrogens (tertiary/aromatic N) is 2. The first kappa shape index (κ1) is 23.2. The monoisotopic (exact) mass is 461 g/mol. The van der Waals surface area contributed by atoms with E-state index in [4.69, 9.17) is 11.6 Å². The zero-order valence-corrected chi connectivity index (χ0v) is 17.7. The fourth-order valence-corrected chi connectivity index (χ4v) is 3.79. The standard InChI is InChI=1S/C21H21ClF5N3O/c1-12-5-3-6-14(11-12)28-19(31)15-13(2)16(22)17(21(25,26)27)29-18(15)30-9-4-7-20(23,24)8-10-30/h3,5-6,11H,4,7-10H2,1-2H3,(H,28,31). The van der Waals surface area contributed by atoms with Gasteiger partial charge in [0.15, 0.2) is 5.69 Å². The molecule has 0 radical (unpaired) electrons. The third kappa shape index (κ3) is 5.26. The summed E-state index contributed by atoms with van der Waals surface area (Å²) in [5, 5.41) is 1.95. The number of halogens is 6. The van der Waals surface area contributed by atoms with Gasteiger partial charge in [-0.15, -0.1) is 0 Å². The lowest BCUT2D eigenvalue weighted by Gasteiger charge is -2.27. The predicted octanol–water partition coefficient (Wildman–Crippen LogP) is 6.25. The van der Waals surface area contributed by atoms with Gasteiger partial charge in [-0.3, -0.25) is 4.79 Å². The summed E-state index contributed by atoms with van der Waals surface area (Å²) in [6, 6.07) is 6.86. The molecule has 1 aliphatic rings. The van der Waals surface area contributed by atoms with Crippen LogP contribution in [0.2, 0.25) is 5.02 Å². The van der Waals surface area contributed by atoms with Crippen LogP contribution in [-0.4, -0.2) is 29.9 Å². The van der Waals surface area contributed by atoms with E-state index in [1.54, 1.807) is 18.2 Å². The van der Waals surface area contributed by atoms with Crippen LogP contribution >= 0.6 is 11.6 Å². The number of rotatable bonds is 3. The summed E-state index contributed by atoms with van der Waals surface area (Å²) in [5.41, 5.74) is -0.309. The molecule has 1 N–H and O–H groups in total. The van der Waals surface area contributed by atoms with Crippen LogP contribution in [0.15, 0.2) is 24.3 Å². The van der Waals surface area contributed by atoms with Gasteiger partial charge in [0.2, 0.25) is 5.92 Å². The van der Waals surface area contributed by atoms with Crippen molar-refractivity contribution in [3.63, 3.8) is 0 Å². The number of nitrogens with one attached hydrogen (secondary N) is 1. The van der Waals surface area contributed by atoms with Crippen molar-refractivity contribution in [2.24, 2.45) is 0 Å². The third-order valence-electron chi connectivity index (χ3n) is 5.14. The smallest absolute Gasteiger partial charge is 0.356 e. The second kappa shape index (κ2) is 8.61. The summed E-state index contributed by atoms with van der Waals surface area (Å²) in [5.74, 6) is -3.93. The molecule has 168 valence electrons. The van der Waals surface area contributed by atoms with E-state index >= 15 is 0 Å². The summed E-state index contributed by atoms with van der Waals surface area (Å²) < 4.78 is 68.2. The van der Waals surface area contributed by atoms with Gasteiger partial charge >= 0.3 is 6.18 Å². The number of hydrogen-bond donors (Lipinski definition) is 1. The molecule has 1 aromatic heterocycles. The first-order valence-corrected chi connectivity index (χ1v) is 10.0. The van der Waals surface area contributed by atoms with Crippen molar-refractivity contribution in [2.45, 2.75) is 45.2 Å². The Bertz CT molecular complexity index is 994. The van der Waals surface area contributed by atoms with Crippen LogP contribution in [0.5, 0.6) is 0 Å². The minimum Gasteiger partial charge on any atom is -0.356 e. The Hall–Kier alpha value is -2.42. The number of anilines is 2. The number of benzene rings is 1. The van der Waals surface area contributed by atoms with Gasteiger partial charge in [-0.25, -0.2) is 13.8 Å². The van der Waals surface area contributed by atoms with E-state index in [0.717, 1.165) is 5.56 Å². The highest BCUT2D eigenvalue weighted by molar-refractivity contribution is 6.33. The van der Waals surface area contributed by atoms with E-state index in [1.807, 2.05) is 13.0 Å². The topological polar surface area (TPSA) is 45.2 Å². The van der Waals surface area contributed by atoms with Crippen LogP contribution in [0.3, 0.4) is 0 Å². The number of carbonyl (C=O) groups excluding carboxylic acids is 1. The molecule has 2 heterocycles. The maximum Gasteiger partial charge on any atom is 0.434 e. The molecule has 10 heteroatoms. The molecule has 4 nitrogen and oxygen atoms in total. The van der Waals surface area contributed by atoms with Crippen LogP contribution < -0.4 is 10.2 Å². The van der Waals surface area contributed by atoms with Crippen molar-refractivity contribution in [1.29, 1.82) is 0 Å². The Morgan fingerprint density at radius 1 is 1.19 bits per heavy atom. The average Bonchev–Trinajstić information content (AvgIpc) is 2.83. The number of aryl methyl sites for hydroxylation is 1. The summed E-state index contributed by atoms with van der Waals surface area (Å²) in [6.45, 7) is 2.93. The Morgan fingerprint density at radius 2 is 1.90 bits per heavy atom. The second-order valence-corrected chi connectivity index (χ2v) is 7.99. The lowest BCUT2D eigenvalue weighted by atomic mass is 10.1. The molecular formula is C21H21ClF5N3O. The van der Waals surface area contributed by atoms with Crippen molar-refractivity contribution in [3.05, 3.63) is 51.7 Å². The quantitative estimate of drug-likeness (QED) is 0.550. The van der Waals surface area contributed by atoms with Crippen LogP contribution in [0, 0.1) is 13.8 Å². The van der Waals surface area contributed by atoms with Crippen molar-refractivity contribution in [2.75, 3.05) is 23.3 Å². The Labute approximate surface area is 181 Å². The molecule has 1 aromatic carbocycles. The normalized spacial score (nSPS) is 16.7. The molecule has 0 atom stereocenters. The second-order valence-electron chi connectivity index (χ2n) is 7.62. The number of pyridine rings is 1. The van der Waals surface area contributed by atoms with E-state index < -0.39 is 35.1 Å². The highest BCUT2D eigenvalue weighted by atomic mass is 35.5. The average molecular weight is 462 g/mol. The number of aromatic nitrogens is 1. The van der Waals surface area contributed by atoms with Crippen molar-refractivity contribution >= 4 is 29.0 Å². The van der Waals surface area contributed by atoms with Crippen LogP contribution in [0.4, 0.5) is 33.5 Å². The molecule has 0 spiro atoms. The third-order valence-corrected chi connectivity index (χ3v) is 5.61. The fraction of sp³-hybridized carbons (Fsp3) is 0.429. The molecule has 2 aromatic rings. The highest BCUT2D eigenvalue weighted by Crippen LogP contribution is 2.40. The summed E-state index contributed by atoms with van der Waals surface area (Å²) in [4.78, 5) is 18.0. The zero-order chi connectivity index (χ0) is 23.0. The molecule has 1 saturated heterocycles. The maximum atomic E-state index is 13.8. The van der Waals surface area contributed by atoms with Gasteiger partial charge in [-0.1, -0.05) is 23.7 Å². The van der Waals surface area contributed by atoms with E-state index in [9.17, 15) is 26.7 Å². The van der Waals surface area contributed by atoms with E-state index in [2.05, 4.69) is 10.3 Å². The van der Waals surface area contributed by atoms with E-state index in [1.165, 1.54) is 11.8 Å². The highest BCUT2D eigenvalue weighted by Gasteiger charge is 2.40. The van der Waals surface area contributed by atoms with Gasteiger partial charge in [0.1, 0.15) is 5.82 Å². The van der Waals surface area contributed by atoms with Gasteiger partial charge in [0.25, 0.3) is 5.91 Å². The lowest BCUT2D eigenvalue weighted by Crippen LogP contribution is -2.31. The zero-order valence-electron chi connectivity index (χ0n) is 16.9.